The van der Waals surface area contributed by atoms with E-state index < -0.39 is 0 Å². The Labute approximate surface area is 190 Å². The van der Waals surface area contributed by atoms with Crippen molar-refractivity contribution < 1.29 is 4.79 Å². The van der Waals surface area contributed by atoms with Crippen molar-refractivity contribution in [3.63, 3.8) is 0 Å². The van der Waals surface area contributed by atoms with Crippen LogP contribution < -0.4 is 16.4 Å². The van der Waals surface area contributed by atoms with Gasteiger partial charge in [-0.2, -0.15) is 0 Å². The van der Waals surface area contributed by atoms with Crippen molar-refractivity contribution in [1.82, 2.24) is 5.32 Å². The summed E-state index contributed by atoms with van der Waals surface area (Å²) in [5.41, 5.74) is 7.52. The van der Waals surface area contributed by atoms with E-state index in [1.54, 1.807) is 0 Å². The Morgan fingerprint density at radius 3 is 2.34 bits per heavy atom. The third-order valence-corrected chi connectivity index (χ3v) is 7.94. The highest BCUT2D eigenvalue weighted by Gasteiger charge is 2.48. The summed E-state index contributed by atoms with van der Waals surface area (Å²) in [6, 6.07) is 18.5. The predicted octanol–water partition coefficient (Wildman–Crippen LogP) is 6.30. The predicted molar refractivity (Wildman–Crippen MR) is 134 cm³/mol. The van der Waals surface area contributed by atoms with Gasteiger partial charge in [0.15, 0.2) is 0 Å². The Morgan fingerprint density at radius 1 is 1.03 bits per heavy atom. The minimum absolute atomic E-state index is 0.0978. The second kappa shape index (κ2) is 8.08. The summed E-state index contributed by atoms with van der Waals surface area (Å²) < 4.78 is 0. The van der Waals surface area contributed by atoms with Crippen LogP contribution in [0.5, 0.6) is 0 Å². The van der Waals surface area contributed by atoms with Crippen LogP contribution in [0.2, 0.25) is 0 Å². The molecule has 2 bridgehead atoms. The lowest BCUT2D eigenvalue weighted by molar-refractivity contribution is -0.0214. The lowest BCUT2D eigenvalue weighted by Crippen LogP contribution is -2.51. The molecule has 0 saturated heterocycles. The van der Waals surface area contributed by atoms with Crippen LogP contribution in [0, 0.1) is 22.7 Å². The van der Waals surface area contributed by atoms with Gasteiger partial charge in [0.2, 0.25) is 0 Å². The SMILES string of the molecule is CC1CC2CC(C)(CNC(=O)Nc3c4ccccc4cc4ccccc34)CC(CN)(C1)C2. The fraction of sp³-hybridized carbons (Fsp3) is 0.464. The first-order valence-electron chi connectivity index (χ1n) is 12.0. The van der Waals surface area contributed by atoms with E-state index in [2.05, 4.69) is 54.8 Å². The molecule has 0 aromatic heterocycles. The van der Waals surface area contributed by atoms with Crippen molar-refractivity contribution in [2.75, 3.05) is 18.4 Å². The van der Waals surface area contributed by atoms with Crippen molar-refractivity contribution in [2.24, 2.45) is 28.4 Å². The zero-order valence-corrected chi connectivity index (χ0v) is 19.3. The van der Waals surface area contributed by atoms with E-state index in [0.717, 1.165) is 52.0 Å². The van der Waals surface area contributed by atoms with Crippen LogP contribution in [0.1, 0.15) is 46.0 Å². The number of nitrogens with two attached hydrogens (primary N) is 1. The molecule has 4 N–H and O–H groups in total. The molecule has 0 spiro atoms. The minimum Gasteiger partial charge on any atom is -0.337 e. The van der Waals surface area contributed by atoms with Crippen molar-refractivity contribution >= 4 is 33.3 Å². The minimum atomic E-state index is -0.126. The van der Waals surface area contributed by atoms with E-state index in [1.807, 2.05) is 24.3 Å². The zero-order chi connectivity index (χ0) is 22.3. The van der Waals surface area contributed by atoms with Gasteiger partial charge in [0.1, 0.15) is 0 Å². The standard InChI is InChI=1S/C28H35N3O/c1-19-11-20-14-27(2,16-28(13-19,15-20)17-29)18-30-26(32)31-25-23-9-5-3-7-21(23)12-22-8-4-6-10-24(22)25/h3-10,12,19-20H,11,13-18,29H2,1-2H3,(H2,30,31,32). The van der Waals surface area contributed by atoms with Gasteiger partial charge in [-0.15, -0.1) is 0 Å². The summed E-state index contributed by atoms with van der Waals surface area (Å²) in [5.74, 6) is 1.49. The van der Waals surface area contributed by atoms with Crippen molar-refractivity contribution in [3.8, 4) is 0 Å². The van der Waals surface area contributed by atoms with E-state index in [9.17, 15) is 4.79 Å². The van der Waals surface area contributed by atoms with Gasteiger partial charge in [-0.25, -0.2) is 4.79 Å². The lowest BCUT2D eigenvalue weighted by atomic mass is 9.52. The van der Waals surface area contributed by atoms with Gasteiger partial charge in [0.25, 0.3) is 0 Å². The zero-order valence-electron chi connectivity index (χ0n) is 19.3. The van der Waals surface area contributed by atoms with E-state index in [-0.39, 0.29) is 16.9 Å². The Kier molecular flexibility index (Phi) is 5.37. The molecule has 4 unspecified atom stereocenters. The lowest BCUT2D eigenvalue weighted by Gasteiger charge is -2.54. The average Bonchev–Trinajstić information content (AvgIpc) is 2.76. The summed E-state index contributed by atoms with van der Waals surface area (Å²) in [7, 11) is 0. The van der Waals surface area contributed by atoms with E-state index in [0.29, 0.717) is 6.54 Å². The number of carbonyl (C=O) groups excluding carboxylic acids is 1. The molecule has 168 valence electrons. The van der Waals surface area contributed by atoms with Gasteiger partial charge < -0.3 is 16.4 Å². The van der Waals surface area contributed by atoms with Gasteiger partial charge in [0.05, 0.1) is 5.69 Å². The highest BCUT2D eigenvalue weighted by molar-refractivity contribution is 6.14. The molecule has 2 aliphatic rings. The number of anilines is 1. The molecule has 32 heavy (non-hydrogen) atoms. The average molecular weight is 430 g/mol. The number of urea groups is 1. The smallest absolute Gasteiger partial charge is 0.319 e. The van der Waals surface area contributed by atoms with Crippen LogP contribution in [0.15, 0.2) is 54.6 Å². The van der Waals surface area contributed by atoms with Crippen LogP contribution in [-0.2, 0) is 0 Å². The fourth-order valence-electron chi connectivity index (χ4n) is 7.12. The number of carbonyl (C=O) groups is 1. The molecule has 4 nitrogen and oxygen atoms in total. The molecule has 4 heteroatoms. The first kappa shape index (κ1) is 21.3. The van der Waals surface area contributed by atoms with Crippen LogP contribution in [0.4, 0.5) is 10.5 Å². The van der Waals surface area contributed by atoms with Crippen LogP contribution >= 0.6 is 0 Å². The number of hydrogen-bond acceptors (Lipinski definition) is 2. The van der Waals surface area contributed by atoms with Crippen molar-refractivity contribution in [1.29, 1.82) is 0 Å². The summed E-state index contributed by atoms with van der Waals surface area (Å²) in [5, 5.41) is 10.8. The van der Waals surface area contributed by atoms with Gasteiger partial charge in [0, 0.05) is 17.3 Å². The monoisotopic (exact) mass is 429 g/mol. The molecule has 0 radical (unpaired) electrons. The van der Waals surface area contributed by atoms with Crippen LogP contribution in [-0.4, -0.2) is 19.1 Å². The first-order valence-corrected chi connectivity index (χ1v) is 12.0. The molecule has 2 aliphatic carbocycles. The highest BCUT2D eigenvalue weighted by atomic mass is 16.2. The maximum atomic E-state index is 13.1. The topological polar surface area (TPSA) is 67.2 Å². The van der Waals surface area contributed by atoms with Gasteiger partial charge in [-0.05, 0) is 78.2 Å². The number of fused-ring (bicyclic) bond motifs is 4. The van der Waals surface area contributed by atoms with E-state index >= 15 is 0 Å². The second-order valence-electron chi connectivity index (χ2n) is 11.0. The van der Waals surface area contributed by atoms with Crippen molar-refractivity contribution in [3.05, 3.63) is 54.6 Å². The normalized spacial score (nSPS) is 29.7. The molecule has 2 fully saturated rings. The van der Waals surface area contributed by atoms with Gasteiger partial charge in [-0.3, -0.25) is 0 Å². The quantitative estimate of drug-likeness (QED) is 0.426. The summed E-state index contributed by atoms with van der Waals surface area (Å²) in [6.45, 7) is 6.17. The molecule has 2 amide bonds. The third-order valence-electron chi connectivity index (χ3n) is 7.94. The maximum Gasteiger partial charge on any atom is 0.319 e. The van der Waals surface area contributed by atoms with E-state index in [4.69, 9.17) is 5.73 Å². The summed E-state index contributed by atoms with van der Waals surface area (Å²) in [6.07, 6.45) is 6.07. The number of nitrogens with one attached hydrogen (secondary N) is 2. The fourth-order valence-corrected chi connectivity index (χ4v) is 7.12. The molecule has 3 aromatic rings. The third kappa shape index (κ3) is 3.97. The highest BCUT2D eigenvalue weighted by Crippen LogP contribution is 2.56. The molecule has 3 aromatic carbocycles. The second-order valence-corrected chi connectivity index (χ2v) is 11.0. The molecule has 0 heterocycles. The molecular formula is C28H35N3O. The van der Waals surface area contributed by atoms with E-state index in [1.165, 1.54) is 25.7 Å². The Hall–Kier alpha value is -2.59. The van der Waals surface area contributed by atoms with Gasteiger partial charge >= 0.3 is 6.03 Å². The molecule has 5 rings (SSSR count). The molecule has 4 atom stereocenters. The Morgan fingerprint density at radius 2 is 1.69 bits per heavy atom. The summed E-state index contributed by atoms with van der Waals surface area (Å²) in [4.78, 5) is 13.1. The Balaban J connectivity index is 1.35. The number of rotatable bonds is 4. The van der Waals surface area contributed by atoms with Crippen LogP contribution in [0.25, 0.3) is 21.5 Å². The molecular weight excluding hydrogens is 394 g/mol. The number of benzene rings is 3. The largest absolute Gasteiger partial charge is 0.337 e. The number of hydrogen-bond donors (Lipinski definition) is 3. The maximum absolute atomic E-state index is 13.1. The first-order chi connectivity index (χ1) is 15.4. The number of amides is 2. The molecule has 0 aliphatic heterocycles. The summed E-state index contributed by atoms with van der Waals surface area (Å²) >= 11 is 0. The van der Waals surface area contributed by atoms with Gasteiger partial charge in [-0.1, -0.05) is 62.4 Å². The Bertz CT molecular complexity index is 1100. The van der Waals surface area contributed by atoms with Crippen LogP contribution in [0.3, 0.4) is 0 Å². The van der Waals surface area contributed by atoms with Crippen molar-refractivity contribution in [2.45, 2.75) is 46.0 Å². The molecule has 2 saturated carbocycles.